The van der Waals surface area contributed by atoms with Gasteiger partial charge in [-0.05, 0) is 60.5 Å². The number of ether oxygens (including phenoxy) is 2. The lowest BCUT2D eigenvalue weighted by Crippen LogP contribution is -2.54. The summed E-state index contributed by atoms with van der Waals surface area (Å²) in [6.45, 7) is 1.99. The van der Waals surface area contributed by atoms with Crippen molar-refractivity contribution in [2.75, 3.05) is 12.0 Å². The maximum absolute atomic E-state index is 13.2. The molecule has 1 heterocycles. The molecule has 1 saturated heterocycles. The zero-order valence-electron chi connectivity index (χ0n) is 19.4. The lowest BCUT2D eigenvalue weighted by molar-refractivity contribution is -0.122. The van der Waals surface area contributed by atoms with Crippen molar-refractivity contribution >= 4 is 45.5 Å². The molecule has 9 heteroatoms. The van der Waals surface area contributed by atoms with E-state index in [0.717, 1.165) is 20.5 Å². The molecule has 0 bridgehead atoms. The van der Waals surface area contributed by atoms with Crippen LogP contribution in [0.3, 0.4) is 0 Å². The third-order valence-electron chi connectivity index (χ3n) is 5.52. The second-order valence-electron chi connectivity index (χ2n) is 7.86. The Morgan fingerprint density at radius 2 is 1.83 bits per heavy atom. The number of hydrogen-bond acceptors (Lipinski definition) is 6. The minimum absolute atomic E-state index is 0.158. The number of nitrogens with one attached hydrogen (secondary N) is 1. The van der Waals surface area contributed by atoms with Crippen molar-refractivity contribution in [3.63, 3.8) is 0 Å². The van der Waals surface area contributed by atoms with Gasteiger partial charge in [-0.2, -0.15) is 5.26 Å². The maximum atomic E-state index is 13.2. The standard InChI is InChI=1S/C27H20BrN3O5/c1-16-11-20(8-9-22(16)28)31-26(33)21(25(32)30-27(31)34)12-17-7-10-23(24(13-17)35-2)36-15-19-6-4-3-5-18(19)14-29/h3-13H,15H2,1-2H3,(H,30,32,34)/b21-12+. The highest BCUT2D eigenvalue weighted by atomic mass is 79.9. The normalized spacial score (nSPS) is 14.4. The first kappa shape index (κ1) is 24.7. The summed E-state index contributed by atoms with van der Waals surface area (Å²) in [4.78, 5) is 39.1. The number of carbonyl (C=O) groups is 3. The Labute approximate surface area is 215 Å². The van der Waals surface area contributed by atoms with Crippen molar-refractivity contribution in [2.45, 2.75) is 13.5 Å². The number of hydrogen-bond donors (Lipinski definition) is 1. The van der Waals surface area contributed by atoms with E-state index in [1.54, 1.807) is 54.6 Å². The number of methoxy groups -OCH3 is 1. The molecule has 3 aromatic rings. The summed E-state index contributed by atoms with van der Waals surface area (Å²) in [5.41, 5.74) is 2.71. The molecule has 180 valence electrons. The summed E-state index contributed by atoms with van der Waals surface area (Å²) in [5.74, 6) is -0.728. The van der Waals surface area contributed by atoms with E-state index < -0.39 is 17.8 Å². The number of halogens is 1. The van der Waals surface area contributed by atoms with Gasteiger partial charge in [0, 0.05) is 10.0 Å². The number of urea groups is 1. The fourth-order valence-electron chi connectivity index (χ4n) is 3.63. The second kappa shape index (κ2) is 10.5. The lowest BCUT2D eigenvalue weighted by atomic mass is 10.1. The van der Waals surface area contributed by atoms with Gasteiger partial charge in [0.2, 0.25) is 0 Å². The van der Waals surface area contributed by atoms with Gasteiger partial charge in [-0.15, -0.1) is 0 Å². The number of carbonyl (C=O) groups excluding carboxylic acids is 3. The second-order valence-corrected chi connectivity index (χ2v) is 8.71. The van der Waals surface area contributed by atoms with Crippen LogP contribution in [0.1, 0.15) is 22.3 Å². The number of aryl methyl sites for hydroxylation is 1. The average Bonchev–Trinajstić information content (AvgIpc) is 2.87. The van der Waals surface area contributed by atoms with Crippen LogP contribution in [-0.2, 0) is 16.2 Å². The number of nitrogens with zero attached hydrogens (tertiary/aromatic N) is 2. The van der Waals surface area contributed by atoms with Gasteiger partial charge in [0.05, 0.1) is 24.4 Å². The van der Waals surface area contributed by atoms with Crippen molar-refractivity contribution in [1.29, 1.82) is 5.26 Å². The fraction of sp³-hybridized carbons (Fsp3) is 0.111. The van der Waals surface area contributed by atoms with E-state index in [-0.39, 0.29) is 12.2 Å². The molecule has 4 amide bonds. The van der Waals surface area contributed by atoms with E-state index >= 15 is 0 Å². The molecule has 0 atom stereocenters. The van der Waals surface area contributed by atoms with Crippen LogP contribution < -0.4 is 19.7 Å². The monoisotopic (exact) mass is 545 g/mol. The molecule has 36 heavy (non-hydrogen) atoms. The Morgan fingerprint density at radius 3 is 2.56 bits per heavy atom. The van der Waals surface area contributed by atoms with Crippen LogP contribution in [-0.4, -0.2) is 25.0 Å². The molecule has 0 unspecified atom stereocenters. The maximum Gasteiger partial charge on any atom is 0.335 e. The Hall–Kier alpha value is -4.42. The van der Waals surface area contributed by atoms with E-state index in [9.17, 15) is 19.6 Å². The molecule has 4 rings (SSSR count). The first-order chi connectivity index (χ1) is 17.3. The minimum atomic E-state index is -0.817. The van der Waals surface area contributed by atoms with Gasteiger partial charge in [-0.3, -0.25) is 14.9 Å². The van der Waals surface area contributed by atoms with Crippen molar-refractivity contribution in [2.24, 2.45) is 0 Å². The molecule has 1 N–H and O–H groups in total. The molecule has 0 aromatic heterocycles. The number of imide groups is 2. The van der Waals surface area contributed by atoms with E-state index in [1.165, 1.54) is 13.2 Å². The number of barbiturate groups is 1. The van der Waals surface area contributed by atoms with Crippen LogP contribution in [0.25, 0.3) is 6.08 Å². The van der Waals surface area contributed by atoms with Crippen molar-refractivity contribution < 1.29 is 23.9 Å². The van der Waals surface area contributed by atoms with Crippen molar-refractivity contribution in [3.8, 4) is 17.6 Å². The van der Waals surface area contributed by atoms with Crippen molar-refractivity contribution in [1.82, 2.24) is 5.32 Å². The molecule has 1 aliphatic rings. The van der Waals surface area contributed by atoms with Crippen LogP contribution in [0.5, 0.6) is 11.5 Å². The Kier molecular flexibility index (Phi) is 7.17. The van der Waals surface area contributed by atoms with Gasteiger partial charge < -0.3 is 9.47 Å². The van der Waals surface area contributed by atoms with Crippen LogP contribution >= 0.6 is 15.9 Å². The molecule has 0 radical (unpaired) electrons. The molecule has 0 spiro atoms. The molecule has 3 aromatic carbocycles. The summed E-state index contributed by atoms with van der Waals surface area (Å²) in [6.07, 6.45) is 1.39. The molecule has 1 fully saturated rings. The SMILES string of the molecule is COc1cc(/C=C2\C(=O)NC(=O)N(c3ccc(Br)c(C)c3)C2=O)ccc1OCc1ccccc1C#N. The Morgan fingerprint density at radius 1 is 1.06 bits per heavy atom. The highest BCUT2D eigenvalue weighted by Crippen LogP contribution is 2.31. The molecular weight excluding hydrogens is 526 g/mol. The molecule has 0 saturated carbocycles. The average molecular weight is 546 g/mol. The molecule has 0 aliphatic carbocycles. The van der Waals surface area contributed by atoms with Gasteiger partial charge in [-0.1, -0.05) is 40.2 Å². The zero-order valence-corrected chi connectivity index (χ0v) is 21.0. The summed E-state index contributed by atoms with van der Waals surface area (Å²) >= 11 is 3.39. The molecular formula is C27H20BrN3O5. The van der Waals surface area contributed by atoms with Crippen LogP contribution in [0.2, 0.25) is 0 Å². The number of nitriles is 1. The van der Waals surface area contributed by atoms with E-state index in [4.69, 9.17) is 9.47 Å². The first-order valence-corrected chi connectivity index (χ1v) is 11.6. The highest BCUT2D eigenvalue weighted by molar-refractivity contribution is 9.10. The fourth-order valence-corrected chi connectivity index (χ4v) is 3.88. The van der Waals surface area contributed by atoms with Crippen molar-refractivity contribution in [3.05, 3.63) is 93.0 Å². The van der Waals surface area contributed by atoms with Gasteiger partial charge in [-0.25, -0.2) is 9.69 Å². The summed E-state index contributed by atoms with van der Waals surface area (Å²) in [5, 5.41) is 11.5. The molecule has 8 nitrogen and oxygen atoms in total. The van der Waals surface area contributed by atoms with Crippen LogP contribution in [0.4, 0.5) is 10.5 Å². The predicted octanol–water partition coefficient (Wildman–Crippen LogP) is 4.88. The summed E-state index contributed by atoms with van der Waals surface area (Å²) in [7, 11) is 1.47. The summed E-state index contributed by atoms with van der Waals surface area (Å²) in [6, 6.07) is 18.4. The number of rotatable bonds is 6. The van der Waals surface area contributed by atoms with Gasteiger partial charge >= 0.3 is 6.03 Å². The third kappa shape index (κ3) is 4.99. The molecule has 1 aliphatic heterocycles. The number of benzene rings is 3. The largest absolute Gasteiger partial charge is 0.493 e. The lowest BCUT2D eigenvalue weighted by Gasteiger charge is -2.26. The first-order valence-electron chi connectivity index (χ1n) is 10.8. The Bertz CT molecular complexity index is 1460. The zero-order chi connectivity index (χ0) is 25.8. The minimum Gasteiger partial charge on any atom is -0.493 e. The topological polar surface area (TPSA) is 109 Å². The smallest absolute Gasteiger partial charge is 0.335 e. The predicted molar refractivity (Wildman–Crippen MR) is 136 cm³/mol. The van der Waals surface area contributed by atoms with E-state index in [2.05, 4.69) is 27.3 Å². The van der Waals surface area contributed by atoms with E-state index in [1.807, 2.05) is 13.0 Å². The summed E-state index contributed by atoms with van der Waals surface area (Å²) < 4.78 is 12.1. The van der Waals surface area contributed by atoms with Gasteiger partial charge in [0.15, 0.2) is 11.5 Å². The van der Waals surface area contributed by atoms with Crippen LogP contribution in [0, 0.1) is 18.3 Å². The van der Waals surface area contributed by atoms with E-state index in [0.29, 0.717) is 28.3 Å². The number of anilines is 1. The third-order valence-corrected chi connectivity index (χ3v) is 6.41. The Balaban J connectivity index is 1.61. The quantitative estimate of drug-likeness (QED) is 0.349. The van der Waals surface area contributed by atoms with Gasteiger partial charge in [0.25, 0.3) is 11.8 Å². The van der Waals surface area contributed by atoms with Gasteiger partial charge in [0.1, 0.15) is 12.2 Å². The highest BCUT2D eigenvalue weighted by Gasteiger charge is 2.37. The van der Waals surface area contributed by atoms with Crippen LogP contribution in [0.15, 0.2) is 70.7 Å². The number of amides is 4.